The van der Waals surface area contributed by atoms with Gasteiger partial charge in [-0.1, -0.05) is 24.3 Å². The van der Waals surface area contributed by atoms with Gasteiger partial charge in [-0.15, -0.1) is 0 Å². The maximum atomic E-state index is 13.9. The quantitative estimate of drug-likeness (QED) is 0.354. The molecule has 0 heterocycles. The third kappa shape index (κ3) is 6.34. The van der Waals surface area contributed by atoms with Crippen LogP contribution in [0.2, 0.25) is 0 Å². The first-order valence-electron chi connectivity index (χ1n) is 10.2. The van der Waals surface area contributed by atoms with Crippen LogP contribution in [-0.2, 0) is 11.4 Å². The zero-order valence-corrected chi connectivity index (χ0v) is 18.3. The van der Waals surface area contributed by atoms with Gasteiger partial charge in [0.05, 0.1) is 13.7 Å². The van der Waals surface area contributed by atoms with Gasteiger partial charge in [-0.2, -0.15) is 5.26 Å². The number of carbonyl (C=O) groups is 1. The number of methoxy groups -OCH3 is 1. The summed E-state index contributed by atoms with van der Waals surface area (Å²) in [4.78, 5) is 12.5. The number of hydrogen-bond donors (Lipinski definition) is 1. The number of amides is 1. The highest BCUT2D eigenvalue weighted by molar-refractivity contribution is 6.09. The summed E-state index contributed by atoms with van der Waals surface area (Å²) in [6.07, 6.45) is 1.46. The number of carbonyl (C=O) groups excluding carboxylic acids is 1. The van der Waals surface area contributed by atoms with Crippen LogP contribution in [0.25, 0.3) is 6.08 Å². The molecular formula is C26H23FN2O4. The number of benzene rings is 3. The van der Waals surface area contributed by atoms with Gasteiger partial charge in [0.1, 0.15) is 29.8 Å². The van der Waals surface area contributed by atoms with Gasteiger partial charge in [0.15, 0.2) is 11.5 Å². The van der Waals surface area contributed by atoms with Crippen molar-refractivity contribution in [2.45, 2.75) is 13.5 Å². The van der Waals surface area contributed by atoms with Crippen LogP contribution < -0.4 is 19.5 Å². The Morgan fingerprint density at radius 1 is 1.06 bits per heavy atom. The van der Waals surface area contributed by atoms with Crippen molar-refractivity contribution in [3.05, 3.63) is 89.2 Å². The van der Waals surface area contributed by atoms with Crippen molar-refractivity contribution in [2.24, 2.45) is 0 Å². The highest BCUT2D eigenvalue weighted by atomic mass is 19.1. The van der Waals surface area contributed by atoms with Gasteiger partial charge >= 0.3 is 0 Å². The Morgan fingerprint density at radius 3 is 2.48 bits per heavy atom. The second-order valence-electron chi connectivity index (χ2n) is 6.87. The van der Waals surface area contributed by atoms with E-state index >= 15 is 0 Å². The van der Waals surface area contributed by atoms with E-state index in [4.69, 9.17) is 14.2 Å². The molecule has 168 valence electrons. The number of rotatable bonds is 9. The number of ether oxygens (including phenoxy) is 3. The molecule has 0 bridgehead atoms. The predicted molar refractivity (Wildman–Crippen MR) is 124 cm³/mol. The fourth-order valence-corrected chi connectivity index (χ4v) is 2.96. The van der Waals surface area contributed by atoms with Gasteiger partial charge in [-0.05, 0) is 61.0 Å². The minimum atomic E-state index is -0.541. The number of nitriles is 1. The van der Waals surface area contributed by atoms with E-state index in [-0.39, 0.29) is 18.0 Å². The molecule has 1 N–H and O–H groups in total. The normalized spacial score (nSPS) is 10.8. The average molecular weight is 446 g/mol. The number of anilines is 1. The summed E-state index contributed by atoms with van der Waals surface area (Å²) in [5.74, 6) is 0.621. The zero-order chi connectivity index (χ0) is 23.6. The zero-order valence-electron chi connectivity index (χ0n) is 18.3. The molecular weight excluding hydrogens is 423 g/mol. The summed E-state index contributed by atoms with van der Waals surface area (Å²) < 4.78 is 30.4. The van der Waals surface area contributed by atoms with Crippen LogP contribution >= 0.6 is 0 Å². The summed E-state index contributed by atoms with van der Waals surface area (Å²) in [5, 5.41) is 12.2. The molecule has 0 spiro atoms. The number of hydrogen-bond acceptors (Lipinski definition) is 5. The van der Waals surface area contributed by atoms with E-state index in [9.17, 15) is 14.4 Å². The summed E-state index contributed by atoms with van der Waals surface area (Å²) >= 11 is 0. The molecule has 1 amide bonds. The van der Waals surface area contributed by atoms with Gasteiger partial charge < -0.3 is 19.5 Å². The lowest BCUT2D eigenvalue weighted by Crippen LogP contribution is -2.13. The van der Waals surface area contributed by atoms with Crippen molar-refractivity contribution in [3.8, 4) is 23.3 Å². The lowest BCUT2D eigenvalue weighted by molar-refractivity contribution is -0.112. The Labute approximate surface area is 191 Å². The molecule has 0 aromatic heterocycles. The van der Waals surface area contributed by atoms with E-state index in [0.717, 1.165) is 0 Å². The number of nitrogens with one attached hydrogen (secondary N) is 1. The smallest absolute Gasteiger partial charge is 0.266 e. The van der Waals surface area contributed by atoms with Crippen molar-refractivity contribution >= 4 is 17.7 Å². The first kappa shape index (κ1) is 23.4. The van der Waals surface area contributed by atoms with Crippen LogP contribution in [0.4, 0.5) is 10.1 Å². The standard InChI is InChI=1S/C26H23FN2O4/c1-3-32-25-15-18(8-13-24(25)33-17-19-6-4-5-7-23(19)27)14-20(16-28)26(30)29-21-9-11-22(31-2)12-10-21/h4-15H,3,17H2,1-2H3,(H,29,30)/b20-14-. The minimum absolute atomic E-state index is 0.0373. The first-order valence-corrected chi connectivity index (χ1v) is 10.2. The highest BCUT2D eigenvalue weighted by Gasteiger charge is 2.12. The van der Waals surface area contributed by atoms with Crippen LogP contribution in [0.5, 0.6) is 17.2 Å². The molecule has 3 rings (SSSR count). The summed E-state index contributed by atoms with van der Waals surface area (Å²) in [5.41, 5.74) is 1.46. The monoisotopic (exact) mass is 446 g/mol. The van der Waals surface area contributed by atoms with Gasteiger partial charge in [-0.25, -0.2) is 4.39 Å². The Kier molecular flexibility index (Phi) is 8.03. The molecule has 3 aromatic rings. The van der Waals surface area contributed by atoms with Crippen molar-refractivity contribution in [1.82, 2.24) is 0 Å². The van der Waals surface area contributed by atoms with Crippen LogP contribution in [0.15, 0.2) is 72.3 Å². The van der Waals surface area contributed by atoms with Crippen LogP contribution in [0.3, 0.4) is 0 Å². The Morgan fingerprint density at radius 2 is 1.82 bits per heavy atom. The molecule has 0 unspecified atom stereocenters. The number of nitrogens with zero attached hydrogens (tertiary/aromatic N) is 1. The van der Waals surface area contributed by atoms with Crippen LogP contribution in [0.1, 0.15) is 18.1 Å². The summed E-state index contributed by atoms with van der Waals surface area (Å²) in [6.45, 7) is 2.24. The topological polar surface area (TPSA) is 80.6 Å². The molecule has 3 aromatic carbocycles. The molecule has 7 heteroatoms. The van der Waals surface area contributed by atoms with Crippen molar-refractivity contribution in [1.29, 1.82) is 5.26 Å². The maximum absolute atomic E-state index is 13.9. The summed E-state index contributed by atoms with van der Waals surface area (Å²) in [7, 11) is 1.55. The largest absolute Gasteiger partial charge is 0.497 e. The molecule has 0 aliphatic heterocycles. The Bertz CT molecular complexity index is 1180. The van der Waals surface area contributed by atoms with Crippen molar-refractivity contribution in [3.63, 3.8) is 0 Å². The van der Waals surface area contributed by atoms with E-state index in [2.05, 4.69) is 5.32 Å². The molecule has 0 radical (unpaired) electrons. The average Bonchev–Trinajstić information content (AvgIpc) is 2.83. The Balaban J connectivity index is 1.77. The van der Waals surface area contributed by atoms with E-state index in [1.807, 2.05) is 13.0 Å². The molecule has 0 fully saturated rings. The fourth-order valence-electron chi connectivity index (χ4n) is 2.96. The highest BCUT2D eigenvalue weighted by Crippen LogP contribution is 2.30. The second-order valence-corrected chi connectivity index (χ2v) is 6.87. The van der Waals surface area contributed by atoms with Crippen molar-refractivity contribution < 1.29 is 23.4 Å². The fraction of sp³-hybridized carbons (Fsp3) is 0.154. The third-order valence-electron chi connectivity index (χ3n) is 4.63. The number of halogens is 1. The van der Waals surface area contributed by atoms with E-state index in [1.54, 1.807) is 67.8 Å². The predicted octanol–water partition coefficient (Wildman–Crippen LogP) is 5.36. The van der Waals surface area contributed by atoms with E-state index in [0.29, 0.717) is 40.7 Å². The van der Waals surface area contributed by atoms with Gasteiger partial charge in [0.2, 0.25) is 0 Å². The third-order valence-corrected chi connectivity index (χ3v) is 4.63. The van der Waals surface area contributed by atoms with E-state index < -0.39 is 5.91 Å². The van der Waals surface area contributed by atoms with Gasteiger partial charge in [0, 0.05) is 11.3 Å². The van der Waals surface area contributed by atoms with Crippen LogP contribution in [-0.4, -0.2) is 19.6 Å². The molecule has 6 nitrogen and oxygen atoms in total. The lowest BCUT2D eigenvalue weighted by atomic mass is 10.1. The second kappa shape index (κ2) is 11.3. The summed E-state index contributed by atoms with van der Waals surface area (Å²) in [6, 6.07) is 20.1. The molecule has 0 saturated carbocycles. The molecule has 0 saturated heterocycles. The van der Waals surface area contributed by atoms with Crippen molar-refractivity contribution in [2.75, 3.05) is 19.0 Å². The molecule has 0 aliphatic carbocycles. The maximum Gasteiger partial charge on any atom is 0.266 e. The molecule has 0 aliphatic rings. The first-order chi connectivity index (χ1) is 16.0. The Hall–Kier alpha value is -4.31. The lowest BCUT2D eigenvalue weighted by Gasteiger charge is -2.13. The SMILES string of the molecule is CCOc1cc(/C=C(/C#N)C(=O)Nc2ccc(OC)cc2)ccc1OCc1ccccc1F. The van der Waals surface area contributed by atoms with Gasteiger partial charge in [-0.3, -0.25) is 4.79 Å². The molecule has 33 heavy (non-hydrogen) atoms. The van der Waals surface area contributed by atoms with Crippen LogP contribution in [0, 0.1) is 17.1 Å². The van der Waals surface area contributed by atoms with Gasteiger partial charge in [0.25, 0.3) is 5.91 Å². The minimum Gasteiger partial charge on any atom is -0.497 e. The molecule has 0 atom stereocenters. The van der Waals surface area contributed by atoms with E-state index in [1.165, 1.54) is 12.1 Å².